The Morgan fingerprint density at radius 1 is 0.833 bits per heavy atom. The van der Waals surface area contributed by atoms with Crippen LogP contribution < -0.4 is 0 Å². The number of hydrogen-bond donors (Lipinski definition) is 1. The van der Waals surface area contributed by atoms with Gasteiger partial charge in [-0.15, -0.1) is 0 Å². The van der Waals surface area contributed by atoms with Crippen LogP contribution >= 0.6 is 0 Å². The Morgan fingerprint density at radius 2 is 1.17 bits per heavy atom. The van der Waals surface area contributed by atoms with Crippen molar-refractivity contribution >= 4 is 0 Å². The van der Waals surface area contributed by atoms with Gasteiger partial charge in [-0.25, -0.2) is 0 Å². The van der Waals surface area contributed by atoms with Crippen molar-refractivity contribution in [2.45, 2.75) is 90.6 Å². The van der Waals surface area contributed by atoms with E-state index in [9.17, 15) is 0 Å². The molecule has 1 N–H and O–H groups in total. The fourth-order valence-electron chi connectivity index (χ4n) is 1.87. The maximum absolute atomic E-state index is 8.59. The Morgan fingerprint density at radius 3 is 1.44 bits per heavy atom. The second-order valence-electron chi connectivity index (χ2n) is 5.40. The molecule has 2 nitrogen and oxygen atoms in total. The Labute approximate surface area is 114 Å². The van der Waals surface area contributed by atoms with Gasteiger partial charge in [0.25, 0.3) is 0 Å². The summed E-state index contributed by atoms with van der Waals surface area (Å²) in [7, 11) is 0. The van der Waals surface area contributed by atoms with Crippen molar-refractivity contribution in [3.8, 4) is 0 Å². The molecule has 0 aromatic carbocycles. The molecule has 1 atom stereocenters. The first-order valence-corrected chi connectivity index (χ1v) is 8.03. The lowest BCUT2D eigenvalue weighted by Gasteiger charge is -2.01. The summed E-state index contributed by atoms with van der Waals surface area (Å²) in [6, 6.07) is 0. The molecule has 1 rings (SSSR count). The molecule has 1 aliphatic heterocycles. The van der Waals surface area contributed by atoms with Crippen molar-refractivity contribution in [3.63, 3.8) is 0 Å². The maximum atomic E-state index is 8.59. The summed E-state index contributed by atoms with van der Waals surface area (Å²) in [5, 5.41) is 8.59. The van der Waals surface area contributed by atoms with Crippen LogP contribution in [-0.2, 0) is 4.74 Å². The van der Waals surface area contributed by atoms with Crippen LogP contribution in [0.3, 0.4) is 0 Å². The standard InChI is InChI=1S/C13H28O.C3H6O/c1-2-3-4-5-6-7-8-9-10-11-12-13-14;1-3-2-4-3/h14H,2-13H2,1H3;3H,2H2,1H3. The number of aliphatic hydroxyl groups is 1. The van der Waals surface area contributed by atoms with Crippen LogP contribution in [0.2, 0.25) is 0 Å². The molecule has 0 aromatic heterocycles. The summed E-state index contributed by atoms with van der Waals surface area (Å²) < 4.78 is 4.71. The number of hydrogen-bond acceptors (Lipinski definition) is 2. The molecule has 1 fully saturated rings. The van der Waals surface area contributed by atoms with Gasteiger partial charge in [-0.2, -0.15) is 0 Å². The van der Waals surface area contributed by atoms with Crippen LogP contribution in [-0.4, -0.2) is 24.4 Å². The molecular formula is C16H34O2. The summed E-state index contributed by atoms with van der Waals surface area (Å²) >= 11 is 0. The van der Waals surface area contributed by atoms with Crippen molar-refractivity contribution < 1.29 is 9.84 Å². The fraction of sp³-hybridized carbons (Fsp3) is 1.00. The van der Waals surface area contributed by atoms with E-state index >= 15 is 0 Å². The number of unbranched alkanes of at least 4 members (excludes halogenated alkanes) is 10. The van der Waals surface area contributed by atoms with Gasteiger partial charge < -0.3 is 9.84 Å². The van der Waals surface area contributed by atoms with Crippen LogP contribution in [0.25, 0.3) is 0 Å². The molecule has 0 aliphatic carbocycles. The lowest BCUT2D eigenvalue weighted by molar-refractivity contribution is 0.282. The third-order valence-electron chi connectivity index (χ3n) is 3.26. The van der Waals surface area contributed by atoms with E-state index in [1.54, 1.807) is 0 Å². The molecule has 0 aromatic rings. The van der Waals surface area contributed by atoms with Gasteiger partial charge in [0.1, 0.15) is 0 Å². The van der Waals surface area contributed by atoms with Gasteiger partial charge >= 0.3 is 0 Å². The van der Waals surface area contributed by atoms with Crippen molar-refractivity contribution in [1.29, 1.82) is 0 Å². The molecule has 0 bridgehead atoms. The molecule has 110 valence electrons. The molecule has 18 heavy (non-hydrogen) atoms. The number of aliphatic hydroxyl groups excluding tert-OH is 1. The zero-order valence-corrected chi connectivity index (χ0v) is 12.6. The average Bonchev–Trinajstić information content (AvgIpc) is 3.15. The summed E-state index contributed by atoms with van der Waals surface area (Å²) in [4.78, 5) is 0. The highest BCUT2D eigenvalue weighted by Gasteiger charge is 2.13. The monoisotopic (exact) mass is 258 g/mol. The quantitative estimate of drug-likeness (QED) is 0.430. The zero-order chi connectivity index (χ0) is 13.5. The van der Waals surface area contributed by atoms with E-state index in [0.717, 1.165) is 13.0 Å². The van der Waals surface area contributed by atoms with Crippen molar-refractivity contribution in [3.05, 3.63) is 0 Å². The topological polar surface area (TPSA) is 32.8 Å². The van der Waals surface area contributed by atoms with Crippen molar-refractivity contribution in [1.82, 2.24) is 0 Å². The molecule has 1 unspecified atom stereocenters. The average molecular weight is 258 g/mol. The maximum Gasteiger partial charge on any atom is 0.0781 e. The first kappa shape index (κ1) is 17.9. The van der Waals surface area contributed by atoms with E-state index < -0.39 is 0 Å². The molecule has 1 heterocycles. The lowest BCUT2D eigenvalue weighted by Crippen LogP contribution is -1.84. The van der Waals surface area contributed by atoms with Crippen LogP contribution in [0.5, 0.6) is 0 Å². The smallest absolute Gasteiger partial charge is 0.0781 e. The van der Waals surface area contributed by atoms with Crippen LogP contribution in [0.1, 0.15) is 84.5 Å². The van der Waals surface area contributed by atoms with Gasteiger partial charge in [0.15, 0.2) is 0 Å². The van der Waals surface area contributed by atoms with Gasteiger partial charge in [-0.05, 0) is 13.3 Å². The normalized spacial score (nSPS) is 17.2. The highest BCUT2D eigenvalue weighted by molar-refractivity contribution is 4.58. The first-order valence-electron chi connectivity index (χ1n) is 8.03. The third kappa shape index (κ3) is 18.3. The molecule has 0 radical (unpaired) electrons. The molecule has 0 amide bonds. The van der Waals surface area contributed by atoms with E-state index in [0.29, 0.717) is 12.7 Å². The highest BCUT2D eigenvalue weighted by atomic mass is 16.6. The van der Waals surface area contributed by atoms with Gasteiger partial charge in [0, 0.05) is 6.61 Å². The minimum absolute atomic E-state index is 0.372. The van der Waals surface area contributed by atoms with Gasteiger partial charge in [0.2, 0.25) is 0 Å². The SMILES string of the molecule is CC1CO1.CCCCCCCCCCCCCO. The Bertz CT molecular complexity index is 132. The second-order valence-corrected chi connectivity index (χ2v) is 5.40. The van der Waals surface area contributed by atoms with Gasteiger partial charge in [-0.1, -0.05) is 71.1 Å². The predicted molar refractivity (Wildman–Crippen MR) is 79.0 cm³/mol. The molecule has 2 heteroatoms. The molecular weight excluding hydrogens is 224 g/mol. The molecule has 1 saturated heterocycles. The molecule has 0 spiro atoms. The van der Waals surface area contributed by atoms with E-state index in [1.807, 2.05) is 0 Å². The lowest BCUT2D eigenvalue weighted by atomic mass is 10.1. The number of rotatable bonds is 11. The van der Waals surface area contributed by atoms with Crippen LogP contribution in [0.15, 0.2) is 0 Å². The minimum atomic E-state index is 0.372. The highest BCUT2D eigenvalue weighted by Crippen LogP contribution is 2.10. The second kappa shape index (κ2) is 15.0. The van der Waals surface area contributed by atoms with Crippen LogP contribution in [0.4, 0.5) is 0 Å². The van der Waals surface area contributed by atoms with E-state index in [4.69, 9.17) is 9.84 Å². The third-order valence-corrected chi connectivity index (χ3v) is 3.26. The minimum Gasteiger partial charge on any atom is -0.396 e. The van der Waals surface area contributed by atoms with E-state index in [1.165, 1.54) is 64.2 Å². The summed E-state index contributed by atoms with van der Waals surface area (Å²) in [5.74, 6) is 0. The van der Waals surface area contributed by atoms with Crippen molar-refractivity contribution in [2.24, 2.45) is 0 Å². The molecule has 0 saturated carbocycles. The van der Waals surface area contributed by atoms with Gasteiger partial charge in [-0.3, -0.25) is 0 Å². The van der Waals surface area contributed by atoms with E-state index in [-0.39, 0.29) is 0 Å². The largest absolute Gasteiger partial charge is 0.396 e. The molecule has 1 aliphatic rings. The van der Waals surface area contributed by atoms with Gasteiger partial charge in [0.05, 0.1) is 12.7 Å². The number of epoxide rings is 1. The Balaban J connectivity index is 0.000000601. The Kier molecular flexibility index (Phi) is 14.9. The van der Waals surface area contributed by atoms with Crippen molar-refractivity contribution in [2.75, 3.05) is 13.2 Å². The summed E-state index contributed by atoms with van der Waals surface area (Å²) in [5.41, 5.74) is 0. The predicted octanol–water partition coefficient (Wildman–Crippen LogP) is 4.69. The summed E-state index contributed by atoms with van der Waals surface area (Å²) in [6.45, 7) is 5.68. The zero-order valence-electron chi connectivity index (χ0n) is 12.6. The first-order chi connectivity index (χ1) is 8.81. The Hall–Kier alpha value is -0.0800. The fourth-order valence-corrected chi connectivity index (χ4v) is 1.87. The van der Waals surface area contributed by atoms with E-state index in [2.05, 4.69) is 13.8 Å². The van der Waals surface area contributed by atoms with Crippen LogP contribution in [0, 0.1) is 0 Å². The summed E-state index contributed by atoms with van der Waals surface area (Å²) in [6.07, 6.45) is 15.4. The number of ether oxygens (including phenoxy) is 1.